The molecule has 0 aliphatic rings. The Balaban J connectivity index is 2.14. The monoisotopic (exact) mass is 438 g/mol. The average Bonchev–Trinajstić information content (AvgIpc) is 3.18. The third kappa shape index (κ3) is 3.91. The van der Waals surface area contributed by atoms with Crippen molar-refractivity contribution in [1.82, 2.24) is 4.57 Å². The lowest BCUT2D eigenvalue weighted by Crippen LogP contribution is -2.22. The van der Waals surface area contributed by atoms with Crippen molar-refractivity contribution in [1.29, 1.82) is 0 Å². The van der Waals surface area contributed by atoms with E-state index in [1.807, 2.05) is 18.2 Å². The van der Waals surface area contributed by atoms with Gasteiger partial charge in [0.15, 0.2) is 4.80 Å². The van der Waals surface area contributed by atoms with E-state index < -0.39 is 0 Å². The maximum Gasteiger partial charge on any atom is 0.325 e. The number of aryl methyl sites for hydroxylation is 1. The van der Waals surface area contributed by atoms with Gasteiger partial charge < -0.3 is 9.30 Å². The molecule has 8 heteroatoms. The van der Waals surface area contributed by atoms with Gasteiger partial charge >= 0.3 is 5.97 Å². The predicted molar refractivity (Wildman–Crippen MR) is 103 cm³/mol. The van der Waals surface area contributed by atoms with Crippen molar-refractivity contribution in [2.24, 2.45) is 4.99 Å². The molecular weight excluding hydrogens is 424 g/mol. The van der Waals surface area contributed by atoms with Crippen molar-refractivity contribution in [3.8, 4) is 0 Å². The number of hydrogen-bond acceptors (Lipinski definition) is 5. The first-order chi connectivity index (χ1) is 12.0. The number of rotatable bonds is 4. The third-order valence-electron chi connectivity index (χ3n) is 3.65. The minimum Gasteiger partial charge on any atom is -0.468 e. The summed E-state index contributed by atoms with van der Waals surface area (Å²) in [5.41, 5.74) is 2.06. The lowest BCUT2D eigenvalue weighted by molar-refractivity contribution is -0.141. The van der Waals surface area contributed by atoms with Gasteiger partial charge in [0.2, 0.25) is 0 Å². The highest BCUT2D eigenvalue weighted by atomic mass is 79.9. The number of halogens is 1. The maximum absolute atomic E-state index is 12.4. The molecule has 25 heavy (non-hydrogen) atoms. The van der Waals surface area contributed by atoms with Gasteiger partial charge in [-0.2, -0.15) is 4.99 Å². The van der Waals surface area contributed by atoms with Crippen LogP contribution in [0.5, 0.6) is 0 Å². The van der Waals surface area contributed by atoms with Crippen LogP contribution < -0.4 is 4.80 Å². The number of nitrogens with zero attached hydrogens (tertiary/aromatic N) is 2. The fraction of sp³-hybridized carbons (Fsp3) is 0.235. The van der Waals surface area contributed by atoms with Crippen molar-refractivity contribution in [3.05, 3.63) is 49.4 Å². The zero-order valence-corrected chi connectivity index (χ0v) is 16.8. The minimum atomic E-state index is -0.382. The van der Waals surface area contributed by atoms with Crippen LogP contribution in [0.1, 0.15) is 22.2 Å². The van der Waals surface area contributed by atoms with E-state index in [-0.39, 0.29) is 18.4 Å². The van der Waals surface area contributed by atoms with Crippen LogP contribution in [0.25, 0.3) is 10.2 Å². The molecule has 0 spiro atoms. The number of thiophene rings is 1. The smallest absolute Gasteiger partial charge is 0.325 e. The molecule has 0 N–H and O–H groups in total. The Morgan fingerprint density at radius 1 is 1.24 bits per heavy atom. The normalized spacial score (nSPS) is 11.9. The second-order valence-electron chi connectivity index (χ2n) is 5.22. The summed E-state index contributed by atoms with van der Waals surface area (Å²) in [6, 6.07) is 9.59. The number of fused-ring (bicyclic) bond motifs is 1. The average molecular weight is 439 g/mol. The summed E-state index contributed by atoms with van der Waals surface area (Å²) in [4.78, 5) is 29.5. The second-order valence-corrected chi connectivity index (χ2v) is 8.70. The van der Waals surface area contributed by atoms with E-state index in [1.54, 1.807) is 10.6 Å². The first kappa shape index (κ1) is 18.0. The molecule has 3 rings (SSSR count). The van der Waals surface area contributed by atoms with E-state index >= 15 is 0 Å². The van der Waals surface area contributed by atoms with Gasteiger partial charge in [-0.15, -0.1) is 11.3 Å². The largest absolute Gasteiger partial charge is 0.468 e. The minimum absolute atomic E-state index is 0.0161. The Kier molecular flexibility index (Phi) is 5.51. The number of methoxy groups -OCH3 is 1. The molecular formula is C17H15BrN2O3S2. The number of esters is 1. The van der Waals surface area contributed by atoms with Gasteiger partial charge in [0.1, 0.15) is 6.54 Å². The fourth-order valence-corrected chi connectivity index (χ4v) is 4.70. The summed E-state index contributed by atoms with van der Waals surface area (Å²) in [6.07, 6.45) is 0.916. The van der Waals surface area contributed by atoms with Crippen LogP contribution in [-0.2, 0) is 22.5 Å². The Morgan fingerprint density at radius 3 is 2.68 bits per heavy atom. The molecule has 0 aliphatic heterocycles. The number of aromatic nitrogens is 1. The van der Waals surface area contributed by atoms with Gasteiger partial charge in [-0.3, -0.25) is 9.59 Å². The maximum atomic E-state index is 12.4. The summed E-state index contributed by atoms with van der Waals surface area (Å²) in [5, 5.41) is 0. The van der Waals surface area contributed by atoms with Gasteiger partial charge in [-0.1, -0.05) is 24.3 Å². The molecule has 130 valence electrons. The summed E-state index contributed by atoms with van der Waals surface area (Å²) < 4.78 is 8.37. The molecule has 0 unspecified atom stereocenters. The molecule has 0 radical (unpaired) electrons. The van der Waals surface area contributed by atoms with E-state index in [0.29, 0.717) is 9.68 Å². The number of benzene rings is 1. The number of ether oxygens (including phenoxy) is 1. The Morgan fingerprint density at radius 2 is 2.04 bits per heavy atom. The predicted octanol–water partition coefficient (Wildman–Crippen LogP) is 4.00. The number of thiazole rings is 1. The number of hydrogen-bond donors (Lipinski definition) is 0. The van der Waals surface area contributed by atoms with Crippen LogP contribution in [0.2, 0.25) is 0 Å². The van der Waals surface area contributed by atoms with Crippen LogP contribution in [0.15, 0.2) is 39.1 Å². The van der Waals surface area contributed by atoms with Gasteiger partial charge in [-0.05, 0) is 52.2 Å². The second kappa shape index (κ2) is 7.63. The lowest BCUT2D eigenvalue weighted by atomic mass is 10.2. The number of carbonyl (C=O) groups is 2. The SMILES string of the molecule is CCc1ccc2c(c1)sc(=NC(=O)c1ccc(Br)s1)n2CC(=O)OC. The summed E-state index contributed by atoms with van der Waals surface area (Å²) in [5.74, 6) is -0.705. The van der Waals surface area contributed by atoms with Crippen LogP contribution in [0.4, 0.5) is 0 Å². The van der Waals surface area contributed by atoms with Crippen molar-refractivity contribution < 1.29 is 14.3 Å². The molecule has 5 nitrogen and oxygen atoms in total. The molecule has 0 bridgehead atoms. The van der Waals surface area contributed by atoms with Crippen molar-refractivity contribution in [2.75, 3.05) is 7.11 Å². The first-order valence-electron chi connectivity index (χ1n) is 7.55. The van der Waals surface area contributed by atoms with E-state index in [1.165, 1.54) is 35.3 Å². The Hall–Kier alpha value is -1.77. The summed E-state index contributed by atoms with van der Waals surface area (Å²) in [7, 11) is 1.35. The highest BCUT2D eigenvalue weighted by Crippen LogP contribution is 2.23. The summed E-state index contributed by atoms with van der Waals surface area (Å²) >= 11 is 6.07. The quantitative estimate of drug-likeness (QED) is 0.578. The van der Waals surface area contributed by atoms with Crippen molar-refractivity contribution >= 4 is 60.7 Å². The Bertz CT molecular complexity index is 1020. The van der Waals surface area contributed by atoms with E-state index in [0.717, 1.165) is 20.4 Å². The van der Waals surface area contributed by atoms with Gasteiger partial charge in [0.25, 0.3) is 5.91 Å². The zero-order valence-electron chi connectivity index (χ0n) is 13.6. The van der Waals surface area contributed by atoms with Crippen LogP contribution in [0, 0.1) is 0 Å². The topological polar surface area (TPSA) is 60.7 Å². The van der Waals surface area contributed by atoms with Crippen molar-refractivity contribution in [3.63, 3.8) is 0 Å². The molecule has 0 saturated heterocycles. The van der Waals surface area contributed by atoms with E-state index in [2.05, 4.69) is 33.9 Å². The van der Waals surface area contributed by atoms with Crippen LogP contribution >= 0.6 is 38.6 Å². The molecule has 2 heterocycles. The zero-order chi connectivity index (χ0) is 18.0. The van der Waals surface area contributed by atoms with Gasteiger partial charge in [-0.25, -0.2) is 0 Å². The van der Waals surface area contributed by atoms with Crippen LogP contribution in [0.3, 0.4) is 0 Å². The molecule has 0 aliphatic carbocycles. The molecule has 3 aromatic rings. The van der Waals surface area contributed by atoms with E-state index in [4.69, 9.17) is 4.74 Å². The molecule has 1 amide bonds. The molecule has 0 fully saturated rings. The highest BCUT2D eigenvalue weighted by molar-refractivity contribution is 9.11. The van der Waals surface area contributed by atoms with Crippen LogP contribution in [-0.4, -0.2) is 23.6 Å². The molecule has 2 aromatic heterocycles. The van der Waals surface area contributed by atoms with E-state index in [9.17, 15) is 9.59 Å². The highest BCUT2D eigenvalue weighted by Gasteiger charge is 2.13. The first-order valence-corrected chi connectivity index (χ1v) is 9.98. The van der Waals surface area contributed by atoms with Crippen molar-refractivity contribution in [2.45, 2.75) is 19.9 Å². The number of amides is 1. The lowest BCUT2D eigenvalue weighted by Gasteiger charge is -2.04. The third-order valence-corrected chi connectivity index (χ3v) is 6.30. The van der Waals surface area contributed by atoms with Gasteiger partial charge in [0.05, 0.1) is 26.0 Å². The summed E-state index contributed by atoms with van der Waals surface area (Å²) in [6.45, 7) is 2.10. The van der Waals surface area contributed by atoms with Gasteiger partial charge in [0, 0.05) is 0 Å². The molecule has 0 saturated carbocycles. The molecule has 0 atom stereocenters. The number of carbonyl (C=O) groups excluding carboxylic acids is 2. The Labute approximate surface area is 160 Å². The standard InChI is InChI=1S/C17H15BrN2O3S2/c1-3-10-4-5-11-13(8-10)25-17(20(11)9-15(21)23-2)19-16(22)12-6-7-14(18)24-12/h4-8H,3,9H2,1-2H3. The fourth-order valence-electron chi connectivity index (χ4n) is 2.34. The molecule has 1 aromatic carbocycles.